The summed E-state index contributed by atoms with van der Waals surface area (Å²) in [6, 6.07) is 2.96. The van der Waals surface area contributed by atoms with Crippen molar-refractivity contribution in [2.24, 2.45) is 0 Å². The van der Waals surface area contributed by atoms with Crippen molar-refractivity contribution in [1.82, 2.24) is 5.32 Å². The molecule has 2 N–H and O–H groups in total. The van der Waals surface area contributed by atoms with Crippen LogP contribution in [0.3, 0.4) is 0 Å². The Hall–Kier alpha value is -0.380. The molecule has 15 heavy (non-hydrogen) atoms. The molecule has 0 saturated heterocycles. The molecule has 0 bridgehead atoms. The average Bonchev–Trinajstić information content (AvgIpc) is 2.74. The molecule has 0 fully saturated rings. The summed E-state index contributed by atoms with van der Waals surface area (Å²) in [5.74, 6) is 0. The third-order valence-electron chi connectivity index (χ3n) is 3.20. The summed E-state index contributed by atoms with van der Waals surface area (Å²) in [5, 5.41) is 14.9. The van der Waals surface area contributed by atoms with Crippen molar-refractivity contribution in [3.63, 3.8) is 0 Å². The monoisotopic (exact) mass is 225 g/mol. The maximum atomic E-state index is 9.20. The van der Waals surface area contributed by atoms with Crippen molar-refractivity contribution in [1.29, 1.82) is 0 Å². The van der Waals surface area contributed by atoms with Gasteiger partial charge in [-0.15, -0.1) is 11.3 Å². The first-order valence-electron chi connectivity index (χ1n) is 5.78. The van der Waals surface area contributed by atoms with Crippen molar-refractivity contribution < 1.29 is 5.11 Å². The molecule has 0 aliphatic heterocycles. The van der Waals surface area contributed by atoms with Crippen molar-refractivity contribution in [3.05, 3.63) is 21.9 Å². The van der Waals surface area contributed by atoms with Gasteiger partial charge in [0.05, 0.1) is 6.61 Å². The lowest BCUT2D eigenvalue weighted by molar-refractivity contribution is 0.223. The van der Waals surface area contributed by atoms with Crippen LogP contribution in [0.5, 0.6) is 0 Å². The van der Waals surface area contributed by atoms with E-state index < -0.39 is 0 Å². The number of aliphatic hydroxyl groups is 1. The molecule has 0 spiro atoms. The molecule has 0 amide bonds. The molecule has 2 rings (SSSR count). The Labute approximate surface area is 95.3 Å². The normalized spacial score (nSPS) is 22.4. The molecule has 1 unspecified atom stereocenters. The summed E-state index contributed by atoms with van der Waals surface area (Å²) in [6.45, 7) is 2.36. The number of nitrogens with one attached hydrogen (secondary N) is 1. The van der Waals surface area contributed by atoms with Crippen molar-refractivity contribution in [2.75, 3.05) is 6.61 Å². The van der Waals surface area contributed by atoms with Crippen LogP contribution < -0.4 is 5.32 Å². The van der Waals surface area contributed by atoms with Gasteiger partial charge >= 0.3 is 0 Å². The second kappa shape index (κ2) is 5.10. The number of aliphatic hydroxyl groups excluding tert-OH is 1. The minimum atomic E-state index is 0.243. The summed E-state index contributed by atoms with van der Waals surface area (Å²) in [4.78, 5) is 1.53. The molecule has 1 aromatic rings. The zero-order chi connectivity index (χ0) is 10.7. The van der Waals surface area contributed by atoms with Gasteiger partial charge in [0, 0.05) is 17.0 Å². The van der Waals surface area contributed by atoms with Gasteiger partial charge in [0.1, 0.15) is 0 Å². The number of fused-ring (bicyclic) bond motifs is 1. The van der Waals surface area contributed by atoms with Gasteiger partial charge in [0.15, 0.2) is 0 Å². The Balaban J connectivity index is 2.06. The summed E-state index contributed by atoms with van der Waals surface area (Å²) >= 11 is 1.87. The second-order valence-electron chi connectivity index (χ2n) is 4.20. The smallest absolute Gasteiger partial charge is 0.0584 e. The van der Waals surface area contributed by atoms with Gasteiger partial charge in [-0.1, -0.05) is 6.92 Å². The Bertz CT molecular complexity index is 306. The van der Waals surface area contributed by atoms with Crippen LogP contribution in [0.2, 0.25) is 0 Å². The maximum Gasteiger partial charge on any atom is 0.0584 e. The largest absolute Gasteiger partial charge is 0.395 e. The van der Waals surface area contributed by atoms with Gasteiger partial charge in [-0.3, -0.25) is 0 Å². The maximum absolute atomic E-state index is 9.20. The van der Waals surface area contributed by atoms with Crippen LogP contribution in [-0.2, 0) is 6.42 Å². The van der Waals surface area contributed by atoms with E-state index in [0.29, 0.717) is 6.04 Å². The quantitative estimate of drug-likeness (QED) is 0.825. The number of hydrogen-bond donors (Lipinski definition) is 2. The predicted molar refractivity (Wildman–Crippen MR) is 64.3 cm³/mol. The average molecular weight is 225 g/mol. The Morgan fingerprint density at radius 2 is 2.53 bits per heavy atom. The van der Waals surface area contributed by atoms with Gasteiger partial charge in [0.2, 0.25) is 0 Å². The number of hydrogen-bond acceptors (Lipinski definition) is 3. The molecule has 3 heteroatoms. The minimum Gasteiger partial charge on any atom is -0.395 e. The Kier molecular flexibility index (Phi) is 3.78. The first kappa shape index (κ1) is 11.1. The molecule has 1 heterocycles. The second-order valence-corrected chi connectivity index (χ2v) is 5.20. The van der Waals surface area contributed by atoms with E-state index in [2.05, 4.69) is 23.7 Å². The molecule has 0 aromatic carbocycles. The van der Waals surface area contributed by atoms with Crippen LogP contribution in [0.1, 0.15) is 42.7 Å². The molecule has 1 aromatic heterocycles. The first-order valence-corrected chi connectivity index (χ1v) is 6.66. The van der Waals surface area contributed by atoms with Gasteiger partial charge < -0.3 is 10.4 Å². The zero-order valence-electron chi connectivity index (χ0n) is 9.20. The van der Waals surface area contributed by atoms with Crippen LogP contribution in [0.15, 0.2) is 11.4 Å². The molecule has 0 radical (unpaired) electrons. The fraction of sp³-hybridized carbons (Fsp3) is 0.667. The molecule has 1 aliphatic rings. The van der Waals surface area contributed by atoms with E-state index in [-0.39, 0.29) is 12.6 Å². The highest BCUT2D eigenvalue weighted by Crippen LogP contribution is 2.33. The minimum absolute atomic E-state index is 0.243. The van der Waals surface area contributed by atoms with Crippen molar-refractivity contribution >= 4 is 11.3 Å². The van der Waals surface area contributed by atoms with Crippen LogP contribution >= 0.6 is 11.3 Å². The predicted octanol–water partition coefficient (Wildman–Crippen LogP) is 2.49. The number of rotatable bonds is 4. The van der Waals surface area contributed by atoms with Gasteiger partial charge in [-0.2, -0.15) is 0 Å². The Morgan fingerprint density at radius 1 is 1.67 bits per heavy atom. The fourth-order valence-corrected chi connectivity index (χ4v) is 3.23. The van der Waals surface area contributed by atoms with E-state index in [4.69, 9.17) is 0 Å². The molecule has 2 atom stereocenters. The van der Waals surface area contributed by atoms with Crippen LogP contribution in [0.25, 0.3) is 0 Å². The van der Waals surface area contributed by atoms with Gasteiger partial charge in [-0.05, 0) is 42.7 Å². The van der Waals surface area contributed by atoms with E-state index in [1.54, 1.807) is 0 Å². The topological polar surface area (TPSA) is 32.3 Å². The molecule has 84 valence electrons. The third kappa shape index (κ3) is 2.41. The van der Waals surface area contributed by atoms with Crippen LogP contribution in [0.4, 0.5) is 0 Å². The highest BCUT2D eigenvalue weighted by molar-refractivity contribution is 7.10. The lowest BCUT2D eigenvalue weighted by atomic mass is 9.93. The molecular weight excluding hydrogens is 206 g/mol. The summed E-state index contributed by atoms with van der Waals surface area (Å²) in [6.07, 6.45) is 4.71. The highest BCUT2D eigenvalue weighted by Gasteiger charge is 2.22. The third-order valence-corrected chi connectivity index (χ3v) is 4.20. The first-order chi connectivity index (χ1) is 7.35. The van der Waals surface area contributed by atoms with Gasteiger partial charge in [-0.25, -0.2) is 0 Å². The van der Waals surface area contributed by atoms with Crippen LogP contribution in [-0.4, -0.2) is 17.8 Å². The zero-order valence-corrected chi connectivity index (χ0v) is 10.0. The van der Waals surface area contributed by atoms with E-state index >= 15 is 0 Å². The highest BCUT2D eigenvalue weighted by atomic mass is 32.1. The number of aryl methyl sites for hydroxylation is 1. The lowest BCUT2D eigenvalue weighted by Gasteiger charge is -2.27. The molecule has 1 aliphatic carbocycles. The summed E-state index contributed by atoms with van der Waals surface area (Å²) in [7, 11) is 0. The fourth-order valence-electron chi connectivity index (χ4n) is 2.24. The number of thiophene rings is 1. The van der Waals surface area contributed by atoms with E-state index in [9.17, 15) is 5.11 Å². The van der Waals surface area contributed by atoms with Crippen molar-refractivity contribution in [3.8, 4) is 0 Å². The van der Waals surface area contributed by atoms with Crippen LogP contribution in [0, 0.1) is 0 Å². The summed E-state index contributed by atoms with van der Waals surface area (Å²) in [5.41, 5.74) is 1.47. The van der Waals surface area contributed by atoms with Crippen molar-refractivity contribution in [2.45, 2.75) is 44.7 Å². The Morgan fingerprint density at radius 3 is 3.27 bits per heavy atom. The molecule has 0 saturated carbocycles. The van der Waals surface area contributed by atoms with E-state index in [1.807, 2.05) is 11.3 Å². The molecule has 2 nitrogen and oxygen atoms in total. The van der Waals surface area contributed by atoms with E-state index in [0.717, 1.165) is 6.42 Å². The lowest BCUT2D eigenvalue weighted by Crippen LogP contribution is -2.36. The summed E-state index contributed by atoms with van der Waals surface area (Å²) < 4.78 is 0. The molecular formula is C12H19NOS. The van der Waals surface area contributed by atoms with E-state index in [1.165, 1.54) is 29.7 Å². The van der Waals surface area contributed by atoms with Gasteiger partial charge in [0.25, 0.3) is 0 Å². The standard InChI is InChI=1S/C12H19NOS/c1-2-9(8-14)13-11-4-3-5-12-10(11)6-7-15-12/h6-7,9,11,13-14H,2-5,8H2,1H3/t9-,11?/m0/s1. The SMILES string of the molecule is CC[C@@H](CO)NC1CCCc2sccc21.